The van der Waals surface area contributed by atoms with E-state index in [1.54, 1.807) is 25.2 Å². The summed E-state index contributed by atoms with van der Waals surface area (Å²) in [5.74, 6) is 0.946. The van der Waals surface area contributed by atoms with Crippen LogP contribution in [-0.4, -0.2) is 55.1 Å². The summed E-state index contributed by atoms with van der Waals surface area (Å²) in [4.78, 5) is 12.8. The summed E-state index contributed by atoms with van der Waals surface area (Å²) < 4.78 is 44.1. The maximum Gasteiger partial charge on any atom is 0.322 e. The fourth-order valence-electron chi connectivity index (χ4n) is 4.32. The Bertz CT molecular complexity index is 1320. The van der Waals surface area contributed by atoms with Crippen LogP contribution in [0.15, 0.2) is 51.8 Å². The van der Waals surface area contributed by atoms with Gasteiger partial charge in [-0.2, -0.15) is 4.31 Å². The molecule has 3 aromatic rings. The van der Waals surface area contributed by atoms with Crippen molar-refractivity contribution in [3.63, 3.8) is 0 Å². The molecule has 0 saturated heterocycles. The molecule has 184 valence electrons. The maximum atomic E-state index is 13.0. The highest BCUT2D eigenvalue weighted by atomic mass is 32.2. The molecule has 2 aliphatic rings. The first-order valence-electron chi connectivity index (χ1n) is 11.5. The first-order chi connectivity index (χ1) is 16.9. The average Bonchev–Trinajstić information content (AvgIpc) is 3.37. The largest absolute Gasteiger partial charge is 0.486 e. The molecule has 11 heteroatoms. The standard InChI is InChI=1S/C24H26N4O6S/c1-28(18-5-3-2-4-6-18)35(30,31)19-10-7-16(8-11-19)22(29)25-24-27-26-23(34-24)17-9-12-20-21(15-17)33-14-13-32-20/h7-12,15,18H,2-6,13-14H2,1H3,(H,25,27,29). The molecule has 2 aromatic carbocycles. The summed E-state index contributed by atoms with van der Waals surface area (Å²) in [7, 11) is -2.01. The lowest BCUT2D eigenvalue weighted by Crippen LogP contribution is -2.38. The molecule has 2 heterocycles. The van der Waals surface area contributed by atoms with E-state index in [2.05, 4.69) is 15.5 Å². The number of carbonyl (C=O) groups excluding carboxylic acids is 1. The highest BCUT2D eigenvalue weighted by Crippen LogP contribution is 2.34. The van der Waals surface area contributed by atoms with Gasteiger partial charge in [0, 0.05) is 24.2 Å². The topological polar surface area (TPSA) is 124 Å². The Labute approximate surface area is 203 Å². The van der Waals surface area contributed by atoms with E-state index in [0.29, 0.717) is 30.3 Å². The van der Waals surface area contributed by atoms with Crippen molar-refractivity contribution in [1.82, 2.24) is 14.5 Å². The van der Waals surface area contributed by atoms with Crippen LogP contribution in [0.3, 0.4) is 0 Å². The van der Waals surface area contributed by atoms with E-state index in [-0.39, 0.29) is 28.4 Å². The predicted molar refractivity (Wildman–Crippen MR) is 127 cm³/mol. The molecule has 0 atom stereocenters. The normalized spacial score (nSPS) is 16.3. The molecule has 1 aromatic heterocycles. The lowest BCUT2D eigenvalue weighted by molar-refractivity contribution is 0.102. The summed E-state index contributed by atoms with van der Waals surface area (Å²) in [5.41, 5.74) is 0.891. The fraction of sp³-hybridized carbons (Fsp3) is 0.375. The van der Waals surface area contributed by atoms with E-state index in [9.17, 15) is 13.2 Å². The van der Waals surface area contributed by atoms with Gasteiger partial charge >= 0.3 is 6.01 Å². The molecule has 0 bridgehead atoms. The number of carbonyl (C=O) groups is 1. The van der Waals surface area contributed by atoms with Gasteiger partial charge in [-0.05, 0) is 55.3 Å². The number of ether oxygens (including phenoxy) is 2. The Morgan fingerprint density at radius 1 is 0.971 bits per heavy atom. The number of nitrogens with one attached hydrogen (secondary N) is 1. The number of sulfonamides is 1. The molecule has 5 rings (SSSR count). The summed E-state index contributed by atoms with van der Waals surface area (Å²) >= 11 is 0. The number of aromatic nitrogens is 2. The molecule has 35 heavy (non-hydrogen) atoms. The second-order valence-electron chi connectivity index (χ2n) is 8.56. The van der Waals surface area contributed by atoms with Crippen molar-refractivity contribution in [3.8, 4) is 23.0 Å². The van der Waals surface area contributed by atoms with Gasteiger partial charge in [0.1, 0.15) is 13.2 Å². The van der Waals surface area contributed by atoms with Gasteiger partial charge in [-0.1, -0.05) is 24.4 Å². The monoisotopic (exact) mass is 498 g/mol. The summed E-state index contributed by atoms with van der Waals surface area (Å²) in [6.07, 6.45) is 4.96. The van der Waals surface area contributed by atoms with Crippen molar-refractivity contribution < 1.29 is 27.1 Å². The minimum atomic E-state index is -3.63. The van der Waals surface area contributed by atoms with Gasteiger partial charge in [0.2, 0.25) is 15.9 Å². The van der Waals surface area contributed by atoms with E-state index in [4.69, 9.17) is 13.9 Å². The second-order valence-corrected chi connectivity index (χ2v) is 10.6. The first-order valence-corrected chi connectivity index (χ1v) is 13.0. The number of amides is 1. The number of benzene rings is 2. The summed E-state index contributed by atoms with van der Waals surface area (Å²) in [5, 5.41) is 10.4. The van der Waals surface area contributed by atoms with Gasteiger partial charge in [-0.3, -0.25) is 10.1 Å². The molecule has 1 aliphatic carbocycles. The summed E-state index contributed by atoms with van der Waals surface area (Å²) in [6.45, 7) is 0.950. The lowest BCUT2D eigenvalue weighted by atomic mass is 9.96. The van der Waals surface area contributed by atoms with Crippen LogP contribution in [0.25, 0.3) is 11.5 Å². The second kappa shape index (κ2) is 9.67. The van der Waals surface area contributed by atoms with Gasteiger partial charge in [-0.15, -0.1) is 5.10 Å². The zero-order valence-corrected chi connectivity index (χ0v) is 20.1. The van der Waals surface area contributed by atoms with E-state index in [1.807, 2.05) is 0 Å². The van der Waals surface area contributed by atoms with Gasteiger partial charge in [0.15, 0.2) is 11.5 Å². The quantitative estimate of drug-likeness (QED) is 0.545. The Hall–Kier alpha value is -3.44. The Morgan fingerprint density at radius 2 is 1.69 bits per heavy atom. The van der Waals surface area contributed by atoms with E-state index in [1.165, 1.54) is 28.6 Å². The van der Waals surface area contributed by atoms with Crippen LogP contribution in [-0.2, 0) is 10.0 Å². The van der Waals surface area contributed by atoms with Crippen molar-refractivity contribution in [2.75, 3.05) is 25.6 Å². The highest BCUT2D eigenvalue weighted by molar-refractivity contribution is 7.89. The van der Waals surface area contributed by atoms with E-state index < -0.39 is 15.9 Å². The molecule has 10 nitrogen and oxygen atoms in total. The molecular weight excluding hydrogens is 472 g/mol. The maximum absolute atomic E-state index is 13.0. The van der Waals surface area contributed by atoms with E-state index >= 15 is 0 Å². The third-order valence-electron chi connectivity index (χ3n) is 6.32. The third kappa shape index (κ3) is 4.87. The minimum absolute atomic E-state index is 0.0117. The molecule has 0 spiro atoms. The van der Waals surface area contributed by atoms with Crippen LogP contribution in [0.5, 0.6) is 11.5 Å². The van der Waals surface area contributed by atoms with Crippen LogP contribution in [0.1, 0.15) is 42.5 Å². The molecular formula is C24H26N4O6S. The molecule has 1 saturated carbocycles. The number of hydrogen-bond donors (Lipinski definition) is 1. The number of fused-ring (bicyclic) bond motifs is 1. The fourth-order valence-corrected chi connectivity index (χ4v) is 5.74. The van der Waals surface area contributed by atoms with Crippen LogP contribution < -0.4 is 14.8 Å². The molecule has 0 radical (unpaired) electrons. The van der Waals surface area contributed by atoms with Gasteiger partial charge < -0.3 is 13.9 Å². The zero-order valence-electron chi connectivity index (χ0n) is 19.3. The van der Waals surface area contributed by atoms with Crippen LogP contribution >= 0.6 is 0 Å². The molecule has 1 amide bonds. The van der Waals surface area contributed by atoms with Gasteiger partial charge in [0.25, 0.3) is 5.91 Å². The third-order valence-corrected chi connectivity index (χ3v) is 8.24. The lowest BCUT2D eigenvalue weighted by Gasteiger charge is -2.30. The van der Waals surface area contributed by atoms with Crippen molar-refractivity contribution in [1.29, 1.82) is 0 Å². The molecule has 1 N–H and O–H groups in total. The Balaban J connectivity index is 1.26. The van der Waals surface area contributed by atoms with Gasteiger partial charge in [-0.25, -0.2) is 8.42 Å². The summed E-state index contributed by atoms with van der Waals surface area (Å²) in [6, 6.07) is 11.0. The predicted octanol–water partition coefficient (Wildman–Crippen LogP) is 3.71. The molecule has 1 aliphatic heterocycles. The number of rotatable bonds is 6. The van der Waals surface area contributed by atoms with Crippen LogP contribution in [0, 0.1) is 0 Å². The SMILES string of the molecule is CN(C1CCCCC1)S(=O)(=O)c1ccc(C(=O)Nc2nnc(-c3ccc4c(c3)OCCO4)o2)cc1. The minimum Gasteiger partial charge on any atom is -0.486 e. The molecule has 1 fully saturated rings. The first kappa shape index (κ1) is 23.3. The van der Waals surface area contributed by atoms with Crippen molar-refractivity contribution >= 4 is 21.9 Å². The van der Waals surface area contributed by atoms with Crippen molar-refractivity contribution in [3.05, 3.63) is 48.0 Å². The number of anilines is 1. The van der Waals surface area contributed by atoms with Crippen molar-refractivity contribution in [2.24, 2.45) is 0 Å². The van der Waals surface area contributed by atoms with Crippen molar-refractivity contribution in [2.45, 2.75) is 43.0 Å². The zero-order chi connectivity index (χ0) is 24.4. The van der Waals surface area contributed by atoms with Crippen LogP contribution in [0.4, 0.5) is 6.01 Å². The Kier molecular flexibility index (Phi) is 6.44. The highest BCUT2D eigenvalue weighted by Gasteiger charge is 2.29. The van der Waals surface area contributed by atoms with Crippen LogP contribution in [0.2, 0.25) is 0 Å². The molecule has 0 unspecified atom stereocenters. The number of hydrogen-bond acceptors (Lipinski definition) is 8. The average molecular weight is 499 g/mol. The van der Waals surface area contributed by atoms with E-state index in [0.717, 1.165) is 32.1 Å². The van der Waals surface area contributed by atoms with Gasteiger partial charge in [0.05, 0.1) is 4.90 Å². The number of nitrogens with zero attached hydrogens (tertiary/aromatic N) is 3. The smallest absolute Gasteiger partial charge is 0.322 e. The Morgan fingerprint density at radius 3 is 2.43 bits per heavy atom.